The number of amides is 1. The molecule has 1 atom stereocenters. The Morgan fingerprint density at radius 3 is 2.50 bits per heavy atom. The molecule has 0 aliphatic carbocycles. The number of ether oxygens (including phenoxy) is 1. The number of morpholine rings is 1. The first-order valence-corrected chi connectivity index (χ1v) is 10.5. The molecule has 4 rings (SSSR count). The van der Waals surface area contributed by atoms with Crippen molar-refractivity contribution in [2.24, 2.45) is 0 Å². The third-order valence-electron chi connectivity index (χ3n) is 6.05. The van der Waals surface area contributed by atoms with Crippen LogP contribution in [0.4, 0.5) is 0 Å². The van der Waals surface area contributed by atoms with Gasteiger partial charge in [0.2, 0.25) is 0 Å². The fraction of sp³-hybridized carbons (Fsp3) is 0.458. The lowest BCUT2D eigenvalue weighted by molar-refractivity contribution is 0.0166. The standard InChI is InChI=1S/C24H30N2O2/c1-19-6-2-3-8-23(19)20-9-11-21(12-10-20)24(27)26-13-5-4-7-22(26)18-25-14-16-28-17-15-25/h2-3,6,8-12,22H,4-5,7,13-18H2,1H3. The van der Waals surface area contributed by atoms with E-state index in [0.717, 1.165) is 63.4 Å². The van der Waals surface area contributed by atoms with Crippen molar-refractivity contribution in [3.05, 3.63) is 59.7 Å². The smallest absolute Gasteiger partial charge is 0.254 e. The van der Waals surface area contributed by atoms with Gasteiger partial charge in [-0.05, 0) is 55.0 Å². The van der Waals surface area contributed by atoms with Gasteiger partial charge in [-0.25, -0.2) is 0 Å². The Morgan fingerprint density at radius 1 is 1.00 bits per heavy atom. The average Bonchev–Trinajstić information content (AvgIpc) is 2.75. The first-order chi connectivity index (χ1) is 13.7. The van der Waals surface area contributed by atoms with Crippen molar-refractivity contribution in [3.8, 4) is 11.1 Å². The van der Waals surface area contributed by atoms with Crippen LogP contribution in [0.5, 0.6) is 0 Å². The summed E-state index contributed by atoms with van der Waals surface area (Å²) < 4.78 is 5.47. The van der Waals surface area contributed by atoms with Crippen molar-refractivity contribution in [2.45, 2.75) is 32.2 Å². The van der Waals surface area contributed by atoms with Gasteiger partial charge in [-0.3, -0.25) is 9.69 Å². The van der Waals surface area contributed by atoms with Gasteiger partial charge in [0.15, 0.2) is 0 Å². The third kappa shape index (κ3) is 4.29. The number of rotatable bonds is 4. The fourth-order valence-corrected chi connectivity index (χ4v) is 4.39. The van der Waals surface area contributed by atoms with E-state index in [4.69, 9.17) is 4.74 Å². The highest BCUT2D eigenvalue weighted by Gasteiger charge is 2.29. The number of nitrogens with zero attached hydrogens (tertiary/aromatic N) is 2. The third-order valence-corrected chi connectivity index (χ3v) is 6.05. The zero-order valence-electron chi connectivity index (χ0n) is 16.8. The molecule has 0 bridgehead atoms. The summed E-state index contributed by atoms with van der Waals surface area (Å²) in [6.07, 6.45) is 3.42. The molecular weight excluding hydrogens is 348 g/mol. The van der Waals surface area contributed by atoms with Gasteiger partial charge in [-0.1, -0.05) is 36.4 Å². The molecular formula is C24H30N2O2. The number of piperidine rings is 1. The van der Waals surface area contributed by atoms with Crippen molar-refractivity contribution in [1.82, 2.24) is 9.80 Å². The molecule has 0 saturated carbocycles. The van der Waals surface area contributed by atoms with Crippen molar-refractivity contribution in [1.29, 1.82) is 0 Å². The Bertz CT molecular complexity index is 797. The van der Waals surface area contributed by atoms with E-state index in [1.54, 1.807) is 0 Å². The van der Waals surface area contributed by atoms with Crippen molar-refractivity contribution in [2.75, 3.05) is 39.4 Å². The quantitative estimate of drug-likeness (QED) is 0.806. The van der Waals surface area contributed by atoms with Crippen molar-refractivity contribution >= 4 is 5.91 Å². The fourth-order valence-electron chi connectivity index (χ4n) is 4.39. The van der Waals surface area contributed by atoms with Crippen molar-refractivity contribution < 1.29 is 9.53 Å². The van der Waals surface area contributed by atoms with E-state index in [0.29, 0.717) is 6.04 Å². The second-order valence-corrected chi connectivity index (χ2v) is 7.95. The number of hydrogen-bond donors (Lipinski definition) is 0. The predicted molar refractivity (Wildman–Crippen MR) is 113 cm³/mol. The molecule has 2 aliphatic heterocycles. The van der Waals surface area contributed by atoms with Crippen LogP contribution in [-0.4, -0.2) is 61.1 Å². The van der Waals surface area contributed by atoms with Gasteiger partial charge in [0.05, 0.1) is 13.2 Å². The average molecular weight is 379 g/mol. The van der Waals surface area contributed by atoms with E-state index in [-0.39, 0.29) is 5.91 Å². The molecule has 0 aromatic heterocycles. The molecule has 1 unspecified atom stereocenters. The first kappa shape index (κ1) is 19.2. The summed E-state index contributed by atoms with van der Waals surface area (Å²) in [6.45, 7) is 7.53. The number of carbonyl (C=O) groups excluding carboxylic acids is 1. The largest absolute Gasteiger partial charge is 0.379 e. The van der Waals surface area contributed by atoms with Gasteiger partial charge in [-0.15, -0.1) is 0 Å². The molecule has 2 heterocycles. The van der Waals surface area contributed by atoms with Crippen molar-refractivity contribution in [3.63, 3.8) is 0 Å². The molecule has 2 aliphatic rings. The number of likely N-dealkylation sites (tertiary alicyclic amines) is 1. The Kier molecular flexibility index (Phi) is 6.08. The maximum Gasteiger partial charge on any atom is 0.254 e. The van der Waals surface area contributed by atoms with Gasteiger partial charge < -0.3 is 9.64 Å². The van der Waals surface area contributed by atoms with E-state index in [1.165, 1.54) is 17.5 Å². The number of benzene rings is 2. The van der Waals surface area contributed by atoms with Gasteiger partial charge in [-0.2, -0.15) is 0 Å². The molecule has 4 heteroatoms. The van der Waals surface area contributed by atoms with Crippen LogP contribution in [0.25, 0.3) is 11.1 Å². The van der Waals surface area contributed by atoms with E-state index >= 15 is 0 Å². The summed E-state index contributed by atoms with van der Waals surface area (Å²) in [5, 5.41) is 0. The lowest BCUT2D eigenvalue weighted by atomic mass is 9.97. The maximum atomic E-state index is 13.2. The number of aryl methyl sites for hydroxylation is 1. The van der Waals surface area contributed by atoms with Gasteiger partial charge in [0.25, 0.3) is 5.91 Å². The molecule has 2 aromatic carbocycles. The van der Waals surface area contributed by atoms with E-state index < -0.39 is 0 Å². The second-order valence-electron chi connectivity index (χ2n) is 7.95. The van der Waals surface area contributed by atoms with Gasteiger partial charge >= 0.3 is 0 Å². The Morgan fingerprint density at radius 2 is 1.75 bits per heavy atom. The van der Waals surface area contributed by atoms with Gasteiger partial charge in [0.1, 0.15) is 0 Å². The highest BCUT2D eigenvalue weighted by Crippen LogP contribution is 2.25. The first-order valence-electron chi connectivity index (χ1n) is 10.5. The summed E-state index contributed by atoms with van der Waals surface area (Å²) in [5.74, 6) is 0.175. The minimum atomic E-state index is 0.175. The molecule has 0 spiro atoms. The Labute approximate surface area is 168 Å². The lowest BCUT2D eigenvalue weighted by Gasteiger charge is -2.39. The maximum absolute atomic E-state index is 13.2. The Hall–Kier alpha value is -2.17. The molecule has 148 valence electrons. The summed E-state index contributed by atoms with van der Waals surface area (Å²) in [6, 6.07) is 16.8. The minimum Gasteiger partial charge on any atom is -0.379 e. The zero-order chi connectivity index (χ0) is 19.3. The van der Waals surface area contributed by atoms with Crippen LogP contribution in [0.2, 0.25) is 0 Å². The molecule has 2 aromatic rings. The van der Waals surface area contributed by atoms with Crippen LogP contribution in [0.1, 0.15) is 35.2 Å². The minimum absolute atomic E-state index is 0.175. The van der Waals surface area contributed by atoms with Crippen LogP contribution < -0.4 is 0 Å². The highest BCUT2D eigenvalue weighted by atomic mass is 16.5. The SMILES string of the molecule is Cc1ccccc1-c1ccc(C(=O)N2CCCCC2CN2CCOCC2)cc1. The summed E-state index contributed by atoms with van der Waals surface area (Å²) in [5.41, 5.74) is 4.44. The van der Waals surface area contributed by atoms with E-state index in [2.05, 4.69) is 53.1 Å². The van der Waals surface area contributed by atoms with E-state index in [1.807, 2.05) is 12.1 Å². The van der Waals surface area contributed by atoms with Crippen LogP contribution in [-0.2, 0) is 4.74 Å². The molecule has 4 nitrogen and oxygen atoms in total. The number of carbonyl (C=O) groups is 1. The normalized spacial score (nSPS) is 20.9. The highest BCUT2D eigenvalue weighted by molar-refractivity contribution is 5.95. The van der Waals surface area contributed by atoms with Crippen LogP contribution in [0.15, 0.2) is 48.5 Å². The molecule has 28 heavy (non-hydrogen) atoms. The molecule has 2 fully saturated rings. The lowest BCUT2D eigenvalue weighted by Crippen LogP contribution is -2.51. The number of hydrogen-bond acceptors (Lipinski definition) is 3. The second kappa shape index (κ2) is 8.89. The predicted octanol–water partition coefficient (Wildman–Crippen LogP) is 3.99. The topological polar surface area (TPSA) is 32.8 Å². The zero-order valence-corrected chi connectivity index (χ0v) is 16.8. The molecule has 1 amide bonds. The van der Waals surface area contributed by atoms with Crippen LogP contribution >= 0.6 is 0 Å². The van der Waals surface area contributed by atoms with E-state index in [9.17, 15) is 4.79 Å². The van der Waals surface area contributed by atoms with Gasteiger partial charge in [0, 0.05) is 37.8 Å². The summed E-state index contributed by atoms with van der Waals surface area (Å²) >= 11 is 0. The monoisotopic (exact) mass is 378 g/mol. The summed E-state index contributed by atoms with van der Waals surface area (Å²) in [4.78, 5) is 17.8. The summed E-state index contributed by atoms with van der Waals surface area (Å²) in [7, 11) is 0. The molecule has 0 N–H and O–H groups in total. The molecule has 2 saturated heterocycles. The van der Waals surface area contributed by atoms with Crippen LogP contribution in [0, 0.1) is 6.92 Å². The van der Waals surface area contributed by atoms with Crippen LogP contribution in [0.3, 0.4) is 0 Å². The Balaban J connectivity index is 1.48. The molecule has 0 radical (unpaired) electrons.